The predicted molar refractivity (Wildman–Crippen MR) is 38.5 cm³/mol. The average molecular weight is 128 g/mol. The van der Waals surface area contributed by atoms with Crippen LogP contribution in [-0.2, 0) is 4.74 Å². The molecule has 0 radical (unpaired) electrons. The minimum atomic E-state index is 0.314. The Morgan fingerprint density at radius 3 is 2.11 bits per heavy atom. The maximum Gasteiger partial charge on any atom is 0.0685 e. The summed E-state index contributed by atoms with van der Waals surface area (Å²) in [7, 11) is 0. The van der Waals surface area contributed by atoms with Crippen LogP contribution in [0.3, 0.4) is 0 Å². The Hall–Kier alpha value is -0.0400. The third kappa shape index (κ3) is 1.68. The van der Waals surface area contributed by atoms with E-state index in [1.54, 1.807) is 0 Å². The molecule has 0 atom stereocenters. The minimum absolute atomic E-state index is 0.314. The Morgan fingerprint density at radius 1 is 1.44 bits per heavy atom. The summed E-state index contributed by atoms with van der Waals surface area (Å²) in [4.78, 5) is 0. The van der Waals surface area contributed by atoms with Gasteiger partial charge in [0.1, 0.15) is 0 Å². The van der Waals surface area contributed by atoms with Crippen LogP contribution in [0.2, 0.25) is 0 Å². The van der Waals surface area contributed by atoms with Gasteiger partial charge in [-0.1, -0.05) is 6.92 Å². The second-order valence-electron chi connectivity index (χ2n) is 3.20. The van der Waals surface area contributed by atoms with Gasteiger partial charge in [0.15, 0.2) is 0 Å². The second-order valence-corrected chi connectivity index (χ2v) is 3.20. The standard InChI is InChI=1S/C8H16O/c1-4-8(5-6-8)9-7(2)3/h7H,4-6H2,1-3H3. The third-order valence-electron chi connectivity index (χ3n) is 1.94. The van der Waals surface area contributed by atoms with Gasteiger partial charge >= 0.3 is 0 Å². The van der Waals surface area contributed by atoms with Crippen LogP contribution in [-0.4, -0.2) is 11.7 Å². The normalized spacial score (nSPS) is 22.7. The van der Waals surface area contributed by atoms with Crippen LogP contribution in [0.5, 0.6) is 0 Å². The zero-order valence-corrected chi connectivity index (χ0v) is 6.61. The average Bonchev–Trinajstić information content (AvgIpc) is 2.48. The van der Waals surface area contributed by atoms with Crippen molar-refractivity contribution in [2.24, 2.45) is 0 Å². The van der Waals surface area contributed by atoms with E-state index in [0.29, 0.717) is 11.7 Å². The van der Waals surface area contributed by atoms with Crippen molar-refractivity contribution in [1.82, 2.24) is 0 Å². The lowest BCUT2D eigenvalue weighted by Gasteiger charge is -2.16. The van der Waals surface area contributed by atoms with Gasteiger partial charge in [-0.15, -0.1) is 0 Å². The smallest absolute Gasteiger partial charge is 0.0685 e. The highest BCUT2D eigenvalue weighted by Crippen LogP contribution is 2.43. The number of ether oxygens (including phenoxy) is 1. The Balaban J connectivity index is 2.25. The van der Waals surface area contributed by atoms with E-state index >= 15 is 0 Å². The fourth-order valence-electron chi connectivity index (χ4n) is 1.19. The van der Waals surface area contributed by atoms with E-state index in [1.807, 2.05) is 0 Å². The van der Waals surface area contributed by atoms with Gasteiger partial charge < -0.3 is 4.74 Å². The van der Waals surface area contributed by atoms with Crippen LogP contribution in [0.25, 0.3) is 0 Å². The molecule has 0 saturated heterocycles. The molecule has 0 spiro atoms. The van der Waals surface area contributed by atoms with Crippen molar-refractivity contribution >= 4 is 0 Å². The molecule has 1 aliphatic carbocycles. The summed E-state index contributed by atoms with van der Waals surface area (Å²) in [5, 5.41) is 0. The van der Waals surface area contributed by atoms with E-state index in [4.69, 9.17) is 4.74 Å². The van der Waals surface area contributed by atoms with E-state index in [0.717, 1.165) is 0 Å². The van der Waals surface area contributed by atoms with Gasteiger partial charge in [-0.05, 0) is 33.1 Å². The first kappa shape index (κ1) is 7.07. The van der Waals surface area contributed by atoms with E-state index in [2.05, 4.69) is 20.8 Å². The van der Waals surface area contributed by atoms with Gasteiger partial charge in [0.2, 0.25) is 0 Å². The van der Waals surface area contributed by atoms with Gasteiger partial charge in [-0.25, -0.2) is 0 Å². The fourth-order valence-corrected chi connectivity index (χ4v) is 1.19. The molecule has 1 heteroatoms. The maximum atomic E-state index is 5.70. The molecule has 0 heterocycles. The molecule has 0 aromatic carbocycles. The zero-order chi connectivity index (χ0) is 6.91. The molecule has 9 heavy (non-hydrogen) atoms. The number of rotatable bonds is 3. The molecule has 0 bridgehead atoms. The number of hydrogen-bond donors (Lipinski definition) is 0. The van der Waals surface area contributed by atoms with Crippen LogP contribution in [0.15, 0.2) is 0 Å². The zero-order valence-electron chi connectivity index (χ0n) is 6.61. The lowest BCUT2D eigenvalue weighted by Crippen LogP contribution is -2.17. The minimum Gasteiger partial charge on any atom is -0.372 e. The predicted octanol–water partition coefficient (Wildman–Crippen LogP) is 2.35. The highest BCUT2D eigenvalue weighted by molar-refractivity contribution is 4.94. The van der Waals surface area contributed by atoms with Gasteiger partial charge in [0.25, 0.3) is 0 Å². The van der Waals surface area contributed by atoms with Gasteiger partial charge in [-0.2, -0.15) is 0 Å². The van der Waals surface area contributed by atoms with Gasteiger partial charge in [0.05, 0.1) is 11.7 Å². The molecule has 54 valence electrons. The van der Waals surface area contributed by atoms with Gasteiger partial charge in [0, 0.05) is 0 Å². The molecule has 1 rings (SSSR count). The molecule has 0 aromatic heterocycles. The Labute approximate surface area is 57.4 Å². The molecule has 0 amide bonds. The summed E-state index contributed by atoms with van der Waals surface area (Å²) < 4.78 is 5.70. The molecule has 1 saturated carbocycles. The fraction of sp³-hybridized carbons (Fsp3) is 1.00. The summed E-state index contributed by atoms with van der Waals surface area (Å²) in [6.07, 6.45) is 4.15. The van der Waals surface area contributed by atoms with Crippen molar-refractivity contribution in [3.8, 4) is 0 Å². The molecular formula is C8H16O. The van der Waals surface area contributed by atoms with Gasteiger partial charge in [-0.3, -0.25) is 0 Å². The van der Waals surface area contributed by atoms with E-state index in [-0.39, 0.29) is 0 Å². The molecule has 0 aliphatic heterocycles. The van der Waals surface area contributed by atoms with Crippen LogP contribution >= 0.6 is 0 Å². The number of hydrogen-bond acceptors (Lipinski definition) is 1. The van der Waals surface area contributed by atoms with Crippen molar-refractivity contribution in [1.29, 1.82) is 0 Å². The summed E-state index contributed by atoms with van der Waals surface area (Å²) in [6, 6.07) is 0. The Bertz CT molecular complexity index is 92.7. The molecule has 1 nitrogen and oxygen atoms in total. The summed E-state index contributed by atoms with van der Waals surface area (Å²) in [5.74, 6) is 0. The second kappa shape index (κ2) is 2.30. The quantitative estimate of drug-likeness (QED) is 0.567. The first-order valence-electron chi connectivity index (χ1n) is 3.86. The molecule has 0 unspecified atom stereocenters. The molecule has 1 fully saturated rings. The maximum absolute atomic E-state index is 5.70. The van der Waals surface area contributed by atoms with E-state index in [9.17, 15) is 0 Å². The Morgan fingerprint density at radius 2 is 2.00 bits per heavy atom. The monoisotopic (exact) mass is 128 g/mol. The summed E-state index contributed by atoms with van der Waals surface area (Å²) in [5.41, 5.74) is 0.314. The largest absolute Gasteiger partial charge is 0.372 e. The molecule has 0 aromatic rings. The SMILES string of the molecule is CCC1(OC(C)C)CC1. The van der Waals surface area contributed by atoms with Crippen molar-refractivity contribution in [2.75, 3.05) is 0 Å². The van der Waals surface area contributed by atoms with Crippen molar-refractivity contribution in [2.45, 2.75) is 51.7 Å². The van der Waals surface area contributed by atoms with Crippen LogP contribution in [0, 0.1) is 0 Å². The lowest BCUT2D eigenvalue weighted by atomic mass is 10.2. The first-order chi connectivity index (χ1) is 4.18. The van der Waals surface area contributed by atoms with Crippen LogP contribution in [0.4, 0.5) is 0 Å². The topological polar surface area (TPSA) is 9.23 Å². The van der Waals surface area contributed by atoms with Crippen molar-refractivity contribution < 1.29 is 4.74 Å². The molecule has 1 aliphatic rings. The van der Waals surface area contributed by atoms with Crippen LogP contribution < -0.4 is 0 Å². The van der Waals surface area contributed by atoms with Crippen molar-refractivity contribution in [3.63, 3.8) is 0 Å². The summed E-state index contributed by atoms with van der Waals surface area (Å²) >= 11 is 0. The third-order valence-corrected chi connectivity index (χ3v) is 1.94. The highest BCUT2D eigenvalue weighted by atomic mass is 16.5. The highest BCUT2D eigenvalue weighted by Gasteiger charge is 2.42. The molecule has 0 N–H and O–H groups in total. The van der Waals surface area contributed by atoms with Crippen molar-refractivity contribution in [3.05, 3.63) is 0 Å². The lowest BCUT2D eigenvalue weighted by molar-refractivity contribution is -0.0130. The first-order valence-corrected chi connectivity index (χ1v) is 3.86. The summed E-state index contributed by atoms with van der Waals surface area (Å²) in [6.45, 7) is 6.42. The molecular weight excluding hydrogens is 112 g/mol. The van der Waals surface area contributed by atoms with E-state index < -0.39 is 0 Å². The van der Waals surface area contributed by atoms with E-state index in [1.165, 1.54) is 19.3 Å². The Kier molecular flexibility index (Phi) is 1.80. The van der Waals surface area contributed by atoms with Crippen LogP contribution in [0.1, 0.15) is 40.0 Å².